The molecule has 2 aromatic carbocycles. The minimum absolute atomic E-state index is 0.263. The van der Waals surface area contributed by atoms with Crippen molar-refractivity contribution in [1.82, 2.24) is 9.88 Å². The van der Waals surface area contributed by atoms with Crippen molar-refractivity contribution < 1.29 is 18.8 Å². The van der Waals surface area contributed by atoms with Crippen molar-refractivity contribution in [2.45, 2.75) is 78.9 Å². The normalized spacial score (nSPS) is 15.1. The first kappa shape index (κ1) is 30.3. The van der Waals surface area contributed by atoms with Crippen molar-refractivity contribution in [1.29, 1.82) is 0 Å². The first-order chi connectivity index (χ1) is 18.9. The van der Waals surface area contributed by atoms with Gasteiger partial charge in [-0.2, -0.15) is 0 Å². The van der Waals surface area contributed by atoms with Crippen LogP contribution in [0.3, 0.4) is 0 Å². The van der Waals surface area contributed by atoms with Gasteiger partial charge in [0.15, 0.2) is 0 Å². The number of rotatable bonds is 11. The van der Waals surface area contributed by atoms with Crippen LogP contribution in [-0.2, 0) is 6.54 Å². The molecular weight excluding hydrogens is 522 g/mol. The van der Waals surface area contributed by atoms with Crippen LogP contribution >= 0.6 is 8.15 Å². The maximum absolute atomic E-state index is 15.0. The van der Waals surface area contributed by atoms with Crippen LogP contribution in [0.15, 0.2) is 48.7 Å². The molecule has 1 aromatic heterocycles. The molecule has 1 aliphatic carbocycles. The molecule has 1 heterocycles. The topological polar surface area (TPSA) is 62.7 Å². The third-order valence-electron chi connectivity index (χ3n) is 7.78. The second-order valence-electron chi connectivity index (χ2n) is 11.7. The highest BCUT2D eigenvalue weighted by Crippen LogP contribution is 2.48. The van der Waals surface area contributed by atoms with E-state index in [2.05, 4.69) is 43.6 Å². The van der Waals surface area contributed by atoms with Crippen LogP contribution in [0.4, 0.5) is 4.39 Å². The van der Waals surface area contributed by atoms with Crippen molar-refractivity contribution in [3.8, 4) is 16.9 Å². The number of hydrogen-bond donors (Lipinski definition) is 1. The summed E-state index contributed by atoms with van der Waals surface area (Å²) in [5.41, 5.74) is 5.14. The summed E-state index contributed by atoms with van der Waals surface area (Å²) in [7, 11) is -1.01. The van der Waals surface area contributed by atoms with E-state index in [4.69, 9.17) is 4.74 Å². The number of ether oxygens (including phenoxy) is 1. The summed E-state index contributed by atoms with van der Waals surface area (Å²) in [6, 6.07) is 13.8. The van der Waals surface area contributed by atoms with Crippen LogP contribution in [0.25, 0.3) is 11.1 Å². The summed E-state index contributed by atoms with van der Waals surface area (Å²) in [6.45, 7) is 14.7. The molecular formula is C33H42FN2O3P. The SMILES string of the molecule is Cc1cc(-c2cc(C)c(C(=O)Oc3cccc(C(CP(C)O)C4CC4)c3)cc2CN(C(C)C)C(C)C)c(F)cn1. The van der Waals surface area contributed by atoms with E-state index < -0.39 is 14.1 Å². The summed E-state index contributed by atoms with van der Waals surface area (Å²) in [4.78, 5) is 30.1. The van der Waals surface area contributed by atoms with Gasteiger partial charge >= 0.3 is 5.97 Å². The van der Waals surface area contributed by atoms with Gasteiger partial charge in [-0.15, -0.1) is 0 Å². The Morgan fingerprint density at radius 3 is 2.42 bits per heavy atom. The first-order valence-corrected chi connectivity index (χ1v) is 16.1. The fourth-order valence-corrected chi connectivity index (χ4v) is 6.62. The quantitative estimate of drug-likeness (QED) is 0.146. The highest BCUT2D eigenvalue weighted by Gasteiger charge is 2.33. The zero-order valence-corrected chi connectivity index (χ0v) is 25.6. The molecule has 4 rings (SSSR count). The highest BCUT2D eigenvalue weighted by molar-refractivity contribution is 7.50. The molecule has 2 unspecified atom stereocenters. The summed E-state index contributed by atoms with van der Waals surface area (Å²) < 4.78 is 21.0. The van der Waals surface area contributed by atoms with Crippen molar-refractivity contribution in [2.75, 3.05) is 12.8 Å². The first-order valence-electron chi connectivity index (χ1n) is 14.2. The van der Waals surface area contributed by atoms with Gasteiger partial charge in [0, 0.05) is 38.0 Å². The lowest BCUT2D eigenvalue weighted by Gasteiger charge is -2.31. The molecule has 0 saturated heterocycles. The number of carbonyl (C=O) groups is 1. The molecule has 7 heteroatoms. The fourth-order valence-electron chi connectivity index (χ4n) is 5.54. The van der Waals surface area contributed by atoms with E-state index in [-0.39, 0.29) is 23.8 Å². The predicted molar refractivity (Wildman–Crippen MR) is 162 cm³/mol. The average molecular weight is 565 g/mol. The van der Waals surface area contributed by atoms with Gasteiger partial charge in [0.25, 0.3) is 0 Å². The molecule has 1 fully saturated rings. The van der Waals surface area contributed by atoms with Crippen LogP contribution in [-0.4, -0.2) is 45.7 Å². The van der Waals surface area contributed by atoms with Gasteiger partial charge in [-0.05, 0) is 126 Å². The van der Waals surface area contributed by atoms with E-state index in [9.17, 15) is 9.69 Å². The van der Waals surface area contributed by atoms with E-state index >= 15 is 4.39 Å². The predicted octanol–water partition coefficient (Wildman–Crippen LogP) is 7.86. The maximum atomic E-state index is 15.0. The molecule has 1 N–H and O–H groups in total. The number of pyridine rings is 1. The Balaban J connectivity index is 1.70. The fraction of sp³-hybridized carbons (Fsp3) is 0.455. The van der Waals surface area contributed by atoms with Crippen LogP contribution in [0.2, 0.25) is 0 Å². The van der Waals surface area contributed by atoms with Gasteiger partial charge in [-0.1, -0.05) is 18.2 Å². The van der Waals surface area contributed by atoms with Gasteiger partial charge in [-0.3, -0.25) is 9.88 Å². The molecule has 5 nitrogen and oxygen atoms in total. The summed E-state index contributed by atoms with van der Waals surface area (Å²) in [5.74, 6) is 0.546. The number of carbonyl (C=O) groups excluding carboxylic acids is 1. The second-order valence-corrected chi connectivity index (χ2v) is 13.4. The third kappa shape index (κ3) is 7.34. The molecule has 0 spiro atoms. The minimum Gasteiger partial charge on any atom is -0.423 e. The molecule has 3 aromatic rings. The Kier molecular flexibility index (Phi) is 9.76. The van der Waals surface area contributed by atoms with Gasteiger partial charge in [-0.25, -0.2) is 9.18 Å². The molecule has 0 radical (unpaired) electrons. The van der Waals surface area contributed by atoms with E-state index in [1.165, 1.54) is 19.0 Å². The standard InChI is InChI=1S/C33H42FN2O3P/c1-20(2)36(21(3)4)18-26-16-28(22(5)13-29(26)30-14-23(6)35-17-32(30)34)33(37)39-27-10-8-9-25(15-27)31(19-40(7)38)24-11-12-24/h8-10,13-17,20-21,24,31,38H,11-12,18-19H2,1-7H3. The maximum Gasteiger partial charge on any atom is 0.343 e. The summed E-state index contributed by atoms with van der Waals surface area (Å²) in [6.07, 6.45) is 4.37. The monoisotopic (exact) mass is 564 g/mol. The lowest BCUT2D eigenvalue weighted by molar-refractivity contribution is 0.0733. The van der Waals surface area contributed by atoms with E-state index in [1.807, 2.05) is 44.8 Å². The lowest BCUT2D eigenvalue weighted by atomic mass is 9.93. The van der Waals surface area contributed by atoms with Crippen molar-refractivity contribution in [2.24, 2.45) is 5.92 Å². The van der Waals surface area contributed by atoms with Gasteiger partial charge in [0.2, 0.25) is 0 Å². The van der Waals surface area contributed by atoms with Gasteiger partial charge in [0.05, 0.1) is 11.8 Å². The second kappa shape index (κ2) is 12.9. The average Bonchev–Trinajstić information content (AvgIpc) is 3.72. The number of aromatic nitrogens is 1. The zero-order chi connectivity index (χ0) is 29.1. The van der Waals surface area contributed by atoms with Gasteiger partial charge < -0.3 is 9.63 Å². The van der Waals surface area contributed by atoms with E-state index in [1.54, 1.807) is 12.1 Å². The number of aryl methyl sites for hydroxylation is 2. The molecule has 2 atom stereocenters. The van der Waals surface area contributed by atoms with Crippen molar-refractivity contribution in [3.63, 3.8) is 0 Å². The minimum atomic E-state index is -1.01. The van der Waals surface area contributed by atoms with Crippen LogP contribution in [0, 0.1) is 25.6 Å². The largest absolute Gasteiger partial charge is 0.423 e. The number of halogens is 1. The number of hydrogen-bond acceptors (Lipinski definition) is 5. The molecule has 0 bridgehead atoms. The molecule has 0 aliphatic heterocycles. The third-order valence-corrected chi connectivity index (χ3v) is 8.70. The van der Waals surface area contributed by atoms with Crippen LogP contribution in [0.5, 0.6) is 5.75 Å². The summed E-state index contributed by atoms with van der Waals surface area (Å²) in [5, 5.41) is 0. The Morgan fingerprint density at radius 1 is 1.10 bits per heavy atom. The van der Waals surface area contributed by atoms with Crippen molar-refractivity contribution >= 4 is 14.1 Å². The Hall–Kier alpha value is -2.66. The molecule has 1 aliphatic rings. The smallest absolute Gasteiger partial charge is 0.343 e. The van der Waals surface area contributed by atoms with E-state index in [0.29, 0.717) is 29.3 Å². The number of esters is 1. The lowest BCUT2D eigenvalue weighted by Crippen LogP contribution is -2.36. The molecule has 1 saturated carbocycles. The number of benzene rings is 2. The molecule has 40 heavy (non-hydrogen) atoms. The zero-order valence-electron chi connectivity index (χ0n) is 24.7. The summed E-state index contributed by atoms with van der Waals surface area (Å²) >= 11 is 0. The Labute approximate surface area is 239 Å². The van der Waals surface area contributed by atoms with Gasteiger partial charge in [0.1, 0.15) is 11.6 Å². The molecule has 214 valence electrons. The Bertz CT molecular complexity index is 1350. The Morgan fingerprint density at radius 2 is 1.80 bits per heavy atom. The highest BCUT2D eigenvalue weighted by atomic mass is 31.1. The number of nitrogens with zero attached hydrogens (tertiary/aromatic N) is 2. The van der Waals surface area contributed by atoms with E-state index in [0.717, 1.165) is 34.1 Å². The van der Waals surface area contributed by atoms with Crippen molar-refractivity contribution in [3.05, 3.63) is 82.4 Å². The molecule has 0 amide bonds. The van der Waals surface area contributed by atoms with Crippen LogP contribution in [0.1, 0.15) is 79.2 Å². The van der Waals surface area contributed by atoms with Crippen LogP contribution < -0.4 is 4.74 Å².